The first-order valence-corrected chi connectivity index (χ1v) is 11.5. The standard InChI is InChI=1S/C26H31FN2O6.ClH/c1-6-33-19-11-15-12-29(25(28)21(15)22(27)24(19)34-7-2)13-18(30)16-9-8-10-17(26(3,4)5)23(16)35-14-20(31)32;/h8-11,28H,6-7,12-14H2,1-5H3,(H,31,32);1H. The maximum atomic E-state index is 15.3. The number of ether oxygens (including phenoxy) is 3. The molecule has 36 heavy (non-hydrogen) atoms. The molecule has 0 amide bonds. The molecule has 0 aromatic heterocycles. The van der Waals surface area contributed by atoms with Gasteiger partial charge in [0.25, 0.3) is 0 Å². The predicted octanol–water partition coefficient (Wildman–Crippen LogP) is 4.83. The van der Waals surface area contributed by atoms with Crippen LogP contribution < -0.4 is 14.2 Å². The predicted molar refractivity (Wildman–Crippen MR) is 136 cm³/mol. The lowest BCUT2D eigenvalue weighted by molar-refractivity contribution is -0.139. The number of fused-ring (bicyclic) bond motifs is 1. The van der Waals surface area contributed by atoms with Gasteiger partial charge < -0.3 is 24.2 Å². The van der Waals surface area contributed by atoms with Crippen LogP contribution in [0.4, 0.5) is 4.39 Å². The first-order chi connectivity index (χ1) is 16.5. The fraction of sp³-hybridized carbons (Fsp3) is 0.423. The van der Waals surface area contributed by atoms with Gasteiger partial charge in [-0.1, -0.05) is 32.9 Å². The van der Waals surface area contributed by atoms with Crippen molar-refractivity contribution in [2.45, 2.75) is 46.6 Å². The lowest BCUT2D eigenvalue weighted by atomic mass is 9.84. The Balaban J connectivity index is 0.00000456. The van der Waals surface area contributed by atoms with Crippen molar-refractivity contribution in [1.82, 2.24) is 4.90 Å². The Morgan fingerprint density at radius 2 is 1.78 bits per heavy atom. The minimum Gasteiger partial charge on any atom is -0.490 e. The summed E-state index contributed by atoms with van der Waals surface area (Å²) in [6.45, 7) is 9.21. The van der Waals surface area contributed by atoms with Crippen LogP contribution in [-0.4, -0.2) is 54.0 Å². The number of hydrogen-bond acceptors (Lipinski definition) is 6. The Kier molecular flexibility index (Phi) is 9.32. The Bertz CT molecular complexity index is 1160. The van der Waals surface area contributed by atoms with Gasteiger partial charge in [-0.2, -0.15) is 0 Å². The summed E-state index contributed by atoms with van der Waals surface area (Å²) in [4.78, 5) is 26.0. The van der Waals surface area contributed by atoms with E-state index in [4.69, 9.17) is 24.7 Å². The highest BCUT2D eigenvalue weighted by Gasteiger charge is 2.34. The average molecular weight is 523 g/mol. The van der Waals surface area contributed by atoms with Crippen molar-refractivity contribution < 1.29 is 33.3 Å². The van der Waals surface area contributed by atoms with Crippen LogP contribution >= 0.6 is 12.4 Å². The number of carbonyl (C=O) groups is 2. The van der Waals surface area contributed by atoms with Gasteiger partial charge in [0.1, 0.15) is 11.6 Å². The molecule has 0 bridgehead atoms. The van der Waals surface area contributed by atoms with E-state index in [1.807, 2.05) is 20.8 Å². The number of ketones is 1. The molecule has 1 aliphatic rings. The van der Waals surface area contributed by atoms with Gasteiger partial charge >= 0.3 is 5.97 Å². The molecule has 1 aliphatic heterocycles. The Hall–Kier alpha value is -3.33. The van der Waals surface area contributed by atoms with Crippen molar-refractivity contribution >= 4 is 30.0 Å². The number of nitrogens with zero attached hydrogens (tertiary/aromatic N) is 1. The van der Waals surface area contributed by atoms with Gasteiger partial charge in [-0.25, -0.2) is 9.18 Å². The highest BCUT2D eigenvalue weighted by atomic mass is 35.5. The van der Waals surface area contributed by atoms with Gasteiger partial charge in [0.05, 0.1) is 30.9 Å². The molecule has 0 fully saturated rings. The number of aliphatic carboxylic acids is 1. The maximum Gasteiger partial charge on any atom is 0.341 e. The van der Waals surface area contributed by atoms with Gasteiger partial charge in [-0.15, -0.1) is 12.4 Å². The summed E-state index contributed by atoms with van der Waals surface area (Å²) in [5, 5.41) is 17.7. The topological polar surface area (TPSA) is 109 Å². The van der Waals surface area contributed by atoms with Crippen LogP contribution in [0.5, 0.6) is 17.2 Å². The molecule has 8 nitrogen and oxygen atoms in total. The third-order valence-electron chi connectivity index (χ3n) is 5.57. The molecule has 2 aromatic carbocycles. The fourth-order valence-corrected chi connectivity index (χ4v) is 4.05. The summed E-state index contributed by atoms with van der Waals surface area (Å²) in [5.74, 6) is -1.93. The molecule has 2 N–H and O–H groups in total. The molecule has 0 radical (unpaired) electrons. The number of Topliss-reactive ketones (excluding diaryl/α,β-unsaturated/α-hetero) is 1. The molecular weight excluding hydrogens is 491 g/mol. The highest BCUT2D eigenvalue weighted by molar-refractivity contribution is 6.06. The molecular formula is C26H32ClFN2O6. The highest BCUT2D eigenvalue weighted by Crippen LogP contribution is 2.39. The van der Waals surface area contributed by atoms with E-state index in [0.717, 1.165) is 0 Å². The third kappa shape index (κ3) is 5.90. The van der Waals surface area contributed by atoms with Gasteiger partial charge in [0.15, 0.2) is 29.7 Å². The molecule has 3 rings (SSSR count). The van der Waals surface area contributed by atoms with E-state index >= 15 is 4.39 Å². The van der Waals surface area contributed by atoms with Crippen LogP contribution in [0.2, 0.25) is 0 Å². The Labute approximate surface area is 216 Å². The molecule has 0 atom stereocenters. The number of benzene rings is 2. The van der Waals surface area contributed by atoms with Crippen LogP contribution in [0.1, 0.15) is 61.7 Å². The first kappa shape index (κ1) is 28.9. The molecule has 0 unspecified atom stereocenters. The fourth-order valence-electron chi connectivity index (χ4n) is 4.05. The van der Waals surface area contributed by atoms with E-state index in [9.17, 15) is 9.59 Å². The molecule has 0 spiro atoms. The molecule has 1 heterocycles. The van der Waals surface area contributed by atoms with Crippen molar-refractivity contribution in [1.29, 1.82) is 5.41 Å². The number of halogens is 2. The summed E-state index contributed by atoms with van der Waals surface area (Å²) in [7, 11) is 0. The van der Waals surface area contributed by atoms with Crippen molar-refractivity contribution in [2.75, 3.05) is 26.4 Å². The van der Waals surface area contributed by atoms with Gasteiger partial charge in [-0.05, 0) is 37.0 Å². The minimum atomic E-state index is -1.16. The lowest BCUT2D eigenvalue weighted by Crippen LogP contribution is -2.31. The molecule has 2 aromatic rings. The zero-order valence-electron chi connectivity index (χ0n) is 21.1. The number of carboxylic acid groups (broad SMARTS) is 1. The van der Waals surface area contributed by atoms with Gasteiger partial charge in [0.2, 0.25) is 0 Å². The van der Waals surface area contributed by atoms with Crippen molar-refractivity contribution in [3.63, 3.8) is 0 Å². The number of carbonyl (C=O) groups excluding carboxylic acids is 1. The second-order valence-corrected chi connectivity index (χ2v) is 9.16. The second kappa shape index (κ2) is 11.6. The van der Waals surface area contributed by atoms with Crippen LogP contribution in [0.3, 0.4) is 0 Å². The quantitative estimate of drug-likeness (QED) is 0.430. The average Bonchev–Trinajstić information content (AvgIpc) is 3.09. The van der Waals surface area contributed by atoms with E-state index in [2.05, 4.69) is 0 Å². The molecule has 10 heteroatoms. The van der Waals surface area contributed by atoms with E-state index in [0.29, 0.717) is 17.7 Å². The first-order valence-electron chi connectivity index (χ1n) is 11.5. The number of carboxylic acids is 1. The van der Waals surface area contributed by atoms with Crippen molar-refractivity contribution in [2.24, 2.45) is 0 Å². The smallest absolute Gasteiger partial charge is 0.341 e. The van der Waals surface area contributed by atoms with Gasteiger partial charge in [0, 0.05) is 12.1 Å². The van der Waals surface area contributed by atoms with E-state index in [1.165, 1.54) is 4.90 Å². The SMILES string of the molecule is CCOc1cc2c(c(F)c1OCC)C(=N)N(CC(=O)c1cccc(C(C)(C)C)c1OCC(=O)O)C2.Cl. The zero-order valence-corrected chi connectivity index (χ0v) is 21.9. The van der Waals surface area contributed by atoms with Crippen LogP contribution in [0, 0.1) is 11.2 Å². The number of nitrogens with one attached hydrogen (secondary N) is 1. The monoisotopic (exact) mass is 522 g/mol. The normalized spacial score (nSPS) is 12.6. The maximum absolute atomic E-state index is 15.3. The van der Waals surface area contributed by atoms with E-state index in [-0.39, 0.29) is 72.1 Å². The number of hydrogen-bond donors (Lipinski definition) is 2. The summed E-state index contributed by atoms with van der Waals surface area (Å²) in [6.07, 6.45) is 0. The zero-order chi connectivity index (χ0) is 25.9. The van der Waals surface area contributed by atoms with Crippen LogP contribution in [-0.2, 0) is 16.8 Å². The van der Waals surface area contributed by atoms with Crippen LogP contribution in [0.25, 0.3) is 0 Å². The molecule has 196 valence electrons. The summed E-state index contributed by atoms with van der Waals surface area (Å²) in [5.41, 5.74) is 1.11. The summed E-state index contributed by atoms with van der Waals surface area (Å²) >= 11 is 0. The largest absolute Gasteiger partial charge is 0.490 e. The minimum absolute atomic E-state index is 0. The van der Waals surface area contributed by atoms with Crippen molar-refractivity contribution in [3.05, 3.63) is 52.3 Å². The van der Waals surface area contributed by atoms with Crippen LogP contribution in [0.15, 0.2) is 24.3 Å². The van der Waals surface area contributed by atoms with Gasteiger partial charge in [-0.3, -0.25) is 10.2 Å². The molecule has 0 saturated heterocycles. The number of rotatable bonds is 10. The number of amidine groups is 1. The van der Waals surface area contributed by atoms with E-state index in [1.54, 1.807) is 38.1 Å². The Morgan fingerprint density at radius 3 is 2.36 bits per heavy atom. The van der Waals surface area contributed by atoms with Crippen molar-refractivity contribution in [3.8, 4) is 17.2 Å². The molecule has 0 aliphatic carbocycles. The number of para-hydroxylation sites is 1. The summed E-state index contributed by atoms with van der Waals surface area (Å²) < 4.78 is 31.8. The van der Waals surface area contributed by atoms with E-state index < -0.39 is 23.8 Å². The second-order valence-electron chi connectivity index (χ2n) is 9.16. The Morgan fingerprint density at radius 1 is 1.11 bits per heavy atom. The lowest BCUT2D eigenvalue weighted by Gasteiger charge is -2.25. The third-order valence-corrected chi connectivity index (χ3v) is 5.57. The molecule has 0 saturated carbocycles. The summed E-state index contributed by atoms with van der Waals surface area (Å²) in [6, 6.07) is 6.73.